The van der Waals surface area contributed by atoms with Crippen LogP contribution in [-0.2, 0) is 11.3 Å². The van der Waals surface area contributed by atoms with Crippen LogP contribution in [-0.4, -0.2) is 33.7 Å². The molecule has 1 heterocycles. The predicted molar refractivity (Wildman–Crippen MR) is 68.7 cm³/mol. The molecule has 0 amide bonds. The summed E-state index contributed by atoms with van der Waals surface area (Å²) in [4.78, 5) is 13.1. The van der Waals surface area contributed by atoms with Gasteiger partial charge in [0.25, 0.3) is 0 Å². The fourth-order valence-electron chi connectivity index (χ4n) is 2.46. The zero-order chi connectivity index (χ0) is 13.3. The summed E-state index contributed by atoms with van der Waals surface area (Å²) in [6.07, 6.45) is 0.651. The maximum Gasteiger partial charge on any atom is 0.308 e. The highest BCUT2D eigenvalue weighted by molar-refractivity contribution is 6.30. The third-order valence-corrected chi connectivity index (χ3v) is 3.85. The summed E-state index contributed by atoms with van der Waals surface area (Å²) in [6.45, 7) is 3.16. The van der Waals surface area contributed by atoms with Crippen LogP contribution in [0.1, 0.15) is 18.9 Å². The number of carboxylic acids is 1. The minimum absolute atomic E-state index is 0.0270. The Morgan fingerprint density at radius 2 is 2.28 bits per heavy atom. The van der Waals surface area contributed by atoms with Crippen LogP contribution in [0.15, 0.2) is 18.2 Å². The number of nitrogens with zero attached hydrogens (tertiary/aromatic N) is 1. The molecule has 2 atom stereocenters. The number of phenols is 1. The molecule has 1 aliphatic rings. The highest BCUT2D eigenvalue weighted by Crippen LogP contribution is 2.29. The van der Waals surface area contributed by atoms with Crippen LogP contribution in [0.25, 0.3) is 0 Å². The van der Waals surface area contributed by atoms with Crippen molar-refractivity contribution in [3.63, 3.8) is 0 Å². The normalized spacial score (nSPS) is 24.3. The van der Waals surface area contributed by atoms with Gasteiger partial charge in [0.05, 0.1) is 5.92 Å². The molecule has 0 aromatic heterocycles. The molecule has 0 saturated carbocycles. The molecule has 0 spiro atoms. The van der Waals surface area contributed by atoms with Crippen LogP contribution in [0.2, 0.25) is 5.02 Å². The number of hydrogen-bond acceptors (Lipinski definition) is 3. The molecule has 18 heavy (non-hydrogen) atoms. The summed E-state index contributed by atoms with van der Waals surface area (Å²) in [5, 5.41) is 19.4. The van der Waals surface area contributed by atoms with Gasteiger partial charge in [-0.05, 0) is 38.1 Å². The number of halogens is 1. The first kappa shape index (κ1) is 13.2. The van der Waals surface area contributed by atoms with Crippen LogP contribution in [0.5, 0.6) is 5.75 Å². The lowest BCUT2D eigenvalue weighted by atomic mass is 10.0. The fourth-order valence-corrected chi connectivity index (χ4v) is 2.65. The van der Waals surface area contributed by atoms with E-state index in [0.717, 1.165) is 12.1 Å². The Balaban J connectivity index is 2.11. The molecule has 2 N–H and O–H groups in total. The minimum atomic E-state index is -0.750. The molecule has 2 rings (SSSR count). The van der Waals surface area contributed by atoms with Gasteiger partial charge in [-0.25, -0.2) is 0 Å². The van der Waals surface area contributed by atoms with Gasteiger partial charge in [-0.2, -0.15) is 0 Å². The second kappa shape index (κ2) is 5.16. The first-order valence-electron chi connectivity index (χ1n) is 5.93. The second-order valence-corrected chi connectivity index (χ2v) is 5.15. The number of phenolic OH excluding ortho intramolecular Hbond substituents is 1. The van der Waals surface area contributed by atoms with Gasteiger partial charge in [-0.3, -0.25) is 9.69 Å². The standard InChI is InChI=1S/C13H16ClNO3/c1-8-11(13(17)18)4-5-15(8)7-9-6-10(14)2-3-12(9)16/h2-3,6,8,11,16H,4-5,7H2,1H3,(H,17,18). The Bertz CT molecular complexity index is 464. The molecule has 1 saturated heterocycles. The molecule has 1 aromatic carbocycles. The zero-order valence-corrected chi connectivity index (χ0v) is 10.9. The molecule has 5 heteroatoms. The monoisotopic (exact) mass is 269 g/mol. The number of benzene rings is 1. The van der Waals surface area contributed by atoms with E-state index in [1.807, 2.05) is 6.92 Å². The molecule has 0 radical (unpaired) electrons. The van der Waals surface area contributed by atoms with E-state index in [9.17, 15) is 9.90 Å². The van der Waals surface area contributed by atoms with Crippen molar-refractivity contribution in [1.29, 1.82) is 0 Å². The predicted octanol–water partition coefficient (Wildman–Crippen LogP) is 2.34. The van der Waals surface area contributed by atoms with Gasteiger partial charge in [0.15, 0.2) is 0 Å². The van der Waals surface area contributed by atoms with Gasteiger partial charge in [0, 0.05) is 23.2 Å². The van der Waals surface area contributed by atoms with Crippen molar-refractivity contribution in [3.05, 3.63) is 28.8 Å². The van der Waals surface area contributed by atoms with Gasteiger partial charge >= 0.3 is 5.97 Å². The third kappa shape index (κ3) is 2.60. The van der Waals surface area contributed by atoms with Crippen LogP contribution in [0, 0.1) is 5.92 Å². The van der Waals surface area contributed by atoms with Crippen molar-refractivity contribution in [2.75, 3.05) is 6.54 Å². The zero-order valence-electron chi connectivity index (χ0n) is 10.1. The Kier molecular flexibility index (Phi) is 3.78. The molecule has 1 fully saturated rings. The van der Waals surface area contributed by atoms with Gasteiger partial charge < -0.3 is 10.2 Å². The number of carboxylic acid groups (broad SMARTS) is 1. The van der Waals surface area contributed by atoms with Crippen LogP contribution >= 0.6 is 11.6 Å². The van der Waals surface area contributed by atoms with E-state index in [0.29, 0.717) is 18.0 Å². The number of carbonyl (C=O) groups is 1. The Labute approximate surface area is 111 Å². The minimum Gasteiger partial charge on any atom is -0.508 e. The summed E-state index contributed by atoms with van der Waals surface area (Å²) in [5.41, 5.74) is 0.736. The van der Waals surface area contributed by atoms with E-state index in [2.05, 4.69) is 4.90 Å². The lowest BCUT2D eigenvalue weighted by Crippen LogP contribution is -2.32. The highest BCUT2D eigenvalue weighted by Gasteiger charge is 2.35. The number of likely N-dealkylation sites (tertiary alicyclic amines) is 1. The topological polar surface area (TPSA) is 60.8 Å². The van der Waals surface area contributed by atoms with Crippen molar-refractivity contribution in [1.82, 2.24) is 4.90 Å². The Hall–Kier alpha value is -1.26. The molecular weight excluding hydrogens is 254 g/mol. The smallest absolute Gasteiger partial charge is 0.308 e. The van der Waals surface area contributed by atoms with E-state index < -0.39 is 5.97 Å². The maximum atomic E-state index is 11.0. The molecule has 2 unspecified atom stereocenters. The summed E-state index contributed by atoms with van der Waals surface area (Å²) in [7, 11) is 0. The van der Waals surface area contributed by atoms with E-state index in [-0.39, 0.29) is 17.7 Å². The lowest BCUT2D eigenvalue weighted by molar-refractivity contribution is -0.142. The van der Waals surface area contributed by atoms with E-state index in [1.165, 1.54) is 0 Å². The first-order chi connectivity index (χ1) is 8.49. The summed E-state index contributed by atoms with van der Waals surface area (Å²) >= 11 is 5.89. The van der Waals surface area contributed by atoms with E-state index >= 15 is 0 Å². The molecule has 1 aromatic rings. The molecular formula is C13H16ClNO3. The van der Waals surface area contributed by atoms with Gasteiger partial charge in [-0.15, -0.1) is 0 Å². The molecule has 0 bridgehead atoms. The third-order valence-electron chi connectivity index (χ3n) is 3.62. The van der Waals surface area contributed by atoms with Crippen LogP contribution in [0.4, 0.5) is 0 Å². The van der Waals surface area contributed by atoms with Gasteiger partial charge in [-0.1, -0.05) is 11.6 Å². The number of hydrogen-bond donors (Lipinski definition) is 2. The van der Waals surface area contributed by atoms with E-state index in [4.69, 9.17) is 16.7 Å². The molecule has 4 nitrogen and oxygen atoms in total. The number of rotatable bonds is 3. The van der Waals surface area contributed by atoms with Crippen molar-refractivity contribution in [2.24, 2.45) is 5.92 Å². The average Bonchev–Trinajstić information content (AvgIpc) is 2.66. The van der Waals surface area contributed by atoms with Crippen molar-refractivity contribution < 1.29 is 15.0 Å². The fraction of sp³-hybridized carbons (Fsp3) is 0.462. The maximum absolute atomic E-state index is 11.0. The van der Waals surface area contributed by atoms with Crippen LogP contribution in [0.3, 0.4) is 0 Å². The number of aromatic hydroxyl groups is 1. The summed E-state index contributed by atoms with van der Waals surface area (Å²) in [5.74, 6) is -0.878. The van der Waals surface area contributed by atoms with Crippen molar-refractivity contribution in [2.45, 2.75) is 25.9 Å². The number of aliphatic carboxylic acids is 1. The highest BCUT2D eigenvalue weighted by atomic mass is 35.5. The quantitative estimate of drug-likeness (QED) is 0.884. The summed E-state index contributed by atoms with van der Waals surface area (Å²) in [6, 6.07) is 4.89. The van der Waals surface area contributed by atoms with Gasteiger partial charge in [0.2, 0.25) is 0 Å². The van der Waals surface area contributed by atoms with Crippen molar-refractivity contribution >= 4 is 17.6 Å². The Morgan fingerprint density at radius 3 is 2.89 bits per heavy atom. The average molecular weight is 270 g/mol. The molecule has 0 aliphatic carbocycles. The van der Waals surface area contributed by atoms with E-state index in [1.54, 1.807) is 18.2 Å². The van der Waals surface area contributed by atoms with Gasteiger partial charge in [0.1, 0.15) is 5.75 Å². The van der Waals surface area contributed by atoms with Crippen molar-refractivity contribution in [3.8, 4) is 5.75 Å². The second-order valence-electron chi connectivity index (χ2n) is 4.72. The first-order valence-corrected chi connectivity index (χ1v) is 6.31. The lowest BCUT2D eigenvalue weighted by Gasteiger charge is -2.23. The molecule has 1 aliphatic heterocycles. The molecule has 98 valence electrons. The summed E-state index contributed by atoms with van der Waals surface area (Å²) < 4.78 is 0. The Morgan fingerprint density at radius 1 is 1.56 bits per heavy atom. The largest absolute Gasteiger partial charge is 0.508 e. The SMILES string of the molecule is CC1C(C(=O)O)CCN1Cc1cc(Cl)ccc1O. The van der Waals surface area contributed by atoms with Crippen LogP contribution < -0.4 is 0 Å².